The Labute approximate surface area is 202 Å². The van der Waals surface area contributed by atoms with E-state index in [1.165, 1.54) is 16.9 Å². The van der Waals surface area contributed by atoms with Crippen molar-refractivity contribution >= 4 is 39.0 Å². The molecule has 0 bridgehead atoms. The molecule has 180 valence electrons. The Morgan fingerprint density at radius 3 is 2.91 bits per heavy atom. The summed E-state index contributed by atoms with van der Waals surface area (Å²) in [4.78, 5) is 30.0. The minimum Gasteiger partial charge on any atom is -0.397 e. The van der Waals surface area contributed by atoms with Gasteiger partial charge >= 0.3 is 0 Å². The summed E-state index contributed by atoms with van der Waals surface area (Å²) in [7, 11) is 0. The molecule has 3 unspecified atom stereocenters. The zero-order valence-corrected chi connectivity index (χ0v) is 20.6. The number of amides is 1. The lowest BCUT2D eigenvalue weighted by Gasteiger charge is -2.26. The number of thiophene rings is 1. The molecule has 0 saturated carbocycles. The molecule has 4 heterocycles. The lowest BCUT2D eigenvalue weighted by molar-refractivity contribution is 0.0127. The first-order chi connectivity index (χ1) is 16.3. The van der Waals surface area contributed by atoms with Gasteiger partial charge in [-0.3, -0.25) is 4.79 Å². The van der Waals surface area contributed by atoms with E-state index in [1.807, 2.05) is 20.8 Å². The fourth-order valence-corrected chi connectivity index (χ4v) is 5.80. The van der Waals surface area contributed by atoms with Crippen molar-refractivity contribution in [3.05, 3.63) is 40.3 Å². The van der Waals surface area contributed by atoms with Crippen molar-refractivity contribution in [2.75, 3.05) is 23.7 Å². The number of pyridine rings is 1. The number of ether oxygens (including phenoxy) is 1. The van der Waals surface area contributed by atoms with Gasteiger partial charge in [0.05, 0.1) is 29.3 Å². The maximum atomic E-state index is 13.0. The van der Waals surface area contributed by atoms with Gasteiger partial charge in [-0.05, 0) is 51.7 Å². The second kappa shape index (κ2) is 9.09. The van der Waals surface area contributed by atoms with Gasteiger partial charge in [-0.1, -0.05) is 6.07 Å². The highest BCUT2D eigenvalue weighted by Crippen LogP contribution is 2.32. The number of nitrogens with one attached hydrogen (secondary N) is 1. The molecule has 2 aliphatic rings. The van der Waals surface area contributed by atoms with Crippen LogP contribution in [0.3, 0.4) is 0 Å². The molecule has 34 heavy (non-hydrogen) atoms. The van der Waals surface area contributed by atoms with E-state index in [1.54, 1.807) is 6.20 Å². The number of carbonyl (C=O) groups excluding carboxylic acids is 1. The molecule has 9 nitrogen and oxygen atoms in total. The standard InChI is InChI=1S/C24H31N7O2S/c1-12(2)33-19-11-31(10-17(19)25)20-7-4-14-8-15(5-6-18(14)30-20)29-23(32)22-21(26)16-9-27-13(3)28-24(16)34-22/h4,7,9,12,15,17,19H,5-6,8,10-11,25-26H2,1-3H3,(H,29,32). The zero-order valence-electron chi connectivity index (χ0n) is 19.7. The third-order valence-corrected chi connectivity index (χ3v) is 7.59. The number of fused-ring (bicyclic) bond motifs is 2. The van der Waals surface area contributed by atoms with Crippen molar-refractivity contribution in [2.45, 2.75) is 64.3 Å². The molecule has 1 fully saturated rings. The highest BCUT2D eigenvalue weighted by Gasteiger charge is 2.33. The predicted octanol–water partition coefficient (Wildman–Crippen LogP) is 2.21. The Hall–Kier alpha value is -2.82. The largest absolute Gasteiger partial charge is 0.397 e. The van der Waals surface area contributed by atoms with Crippen LogP contribution in [-0.2, 0) is 17.6 Å². The number of carbonyl (C=O) groups is 1. The van der Waals surface area contributed by atoms with E-state index in [0.29, 0.717) is 16.4 Å². The molecule has 10 heteroatoms. The number of nitrogen functional groups attached to an aromatic ring is 1. The molecular formula is C24H31N7O2S. The maximum absolute atomic E-state index is 13.0. The minimum absolute atomic E-state index is 0.0175. The number of nitrogens with zero attached hydrogens (tertiary/aromatic N) is 4. The molecule has 5 rings (SSSR count). The number of hydrogen-bond acceptors (Lipinski definition) is 9. The molecule has 0 radical (unpaired) electrons. The Morgan fingerprint density at radius 1 is 1.29 bits per heavy atom. The van der Waals surface area contributed by atoms with Gasteiger partial charge in [0, 0.05) is 31.0 Å². The molecule has 3 aromatic rings. The average Bonchev–Trinajstić information content (AvgIpc) is 3.32. The fraction of sp³-hybridized carbons (Fsp3) is 0.500. The molecule has 5 N–H and O–H groups in total. The number of hydrogen-bond donors (Lipinski definition) is 3. The summed E-state index contributed by atoms with van der Waals surface area (Å²) in [5, 5.41) is 3.89. The Bertz CT molecular complexity index is 1230. The molecular weight excluding hydrogens is 450 g/mol. The minimum atomic E-state index is -0.154. The SMILES string of the molecule is Cc1ncc2c(N)c(C(=O)NC3CCc4nc(N5CC(N)C(OC(C)C)C5)ccc4C3)sc2n1. The van der Waals surface area contributed by atoms with E-state index in [9.17, 15) is 4.79 Å². The smallest absolute Gasteiger partial charge is 0.263 e. The summed E-state index contributed by atoms with van der Waals surface area (Å²) >= 11 is 1.31. The van der Waals surface area contributed by atoms with Crippen molar-refractivity contribution < 1.29 is 9.53 Å². The molecule has 3 atom stereocenters. The highest BCUT2D eigenvalue weighted by molar-refractivity contribution is 7.21. The Kier molecular flexibility index (Phi) is 6.13. The van der Waals surface area contributed by atoms with Crippen LogP contribution in [0.15, 0.2) is 18.3 Å². The molecule has 1 amide bonds. The van der Waals surface area contributed by atoms with E-state index in [4.69, 9.17) is 21.2 Å². The van der Waals surface area contributed by atoms with Crippen LogP contribution in [0.2, 0.25) is 0 Å². The average molecular weight is 482 g/mol. The van der Waals surface area contributed by atoms with E-state index < -0.39 is 0 Å². The van der Waals surface area contributed by atoms with Crippen LogP contribution in [0, 0.1) is 6.92 Å². The maximum Gasteiger partial charge on any atom is 0.263 e. The summed E-state index contributed by atoms with van der Waals surface area (Å²) in [5.74, 6) is 1.45. The van der Waals surface area contributed by atoms with Crippen molar-refractivity contribution in [1.82, 2.24) is 20.3 Å². The van der Waals surface area contributed by atoms with E-state index in [-0.39, 0.29) is 30.2 Å². The first-order valence-electron chi connectivity index (χ1n) is 11.8. The number of aryl methyl sites for hydroxylation is 2. The van der Waals surface area contributed by atoms with Crippen LogP contribution in [0.4, 0.5) is 11.5 Å². The van der Waals surface area contributed by atoms with E-state index >= 15 is 0 Å². The predicted molar refractivity (Wildman–Crippen MR) is 134 cm³/mol. The lowest BCUT2D eigenvalue weighted by atomic mass is 9.91. The summed E-state index contributed by atoms with van der Waals surface area (Å²) in [6.07, 6.45) is 4.25. The second-order valence-electron chi connectivity index (χ2n) is 9.46. The lowest BCUT2D eigenvalue weighted by Crippen LogP contribution is -2.39. The number of aromatic nitrogens is 3. The molecule has 3 aromatic heterocycles. The third kappa shape index (κ3) is 4.45. The van der Waals surface area contributed by atoms with Gasteiger partial charge in [0.1, 0.15) is 21.3 Å². The van der Waals surface area contributed by atoms with Crippen molar-refractivity contribution in [1.29, 1.82) is 0 Å². The van der Waals surface area contributed by atoms with Gasteiger partial charge in [0.2, 0.25) is 0 Å². The monoisotopic (exact) mass is 481 g/mol. The van der Waals surface area contributed by atoms with Crippen LogP contribution in [0.25, 0.3) is 10.2 Å². The van der Waals surface area contributed by atoms with Gasteiger partial charge in [0.15, 0.2) is 0 Å². The van der Waals surface area contributed by atoms with Crippen LogP contribution in [0.1, 0.15) is 47.0 Å². The van der Waals surface area contributed by atoms with E-state index in [0.717, 1.165) is 54.1 Å². The summed E-state index contributed by atoms with van der Waals surface area (Å²) in [6.45, 7) is 7.38. The quantitative estimate of drug-likeness (QED) is 0.505. The van der Waals surface area contributed by atoms with Crippen molar-refractivity contribution in [2.24, 2.45) is 5.73 Å². The molecule has 1 aliphatic heterocycles. The highest BCUT2D eigenvalue weighted by atomic mass is 32.1. The van der Waals surface area contributed by atoms with Gasteiger partial charge in [-0.25, -0.2) is 15.0 Å². The van der Waals surface area contributed by atoms with Gasteiger partial charge in [0.25, 0.3) is 5.91 Å². The van der Waals surface area contributed by atoms with Gasteiger partial charge in [-0.15, -0.1) is 11.3 Å². The van der Waals surface area contributed by atoms with Gasteiger partial charge < -0.3 is 26.4 Å². The molecule has 1 saturated heterocycles. The number of anilines is 2. The molecule has 0 spiro atoms. The molecule has 0 aromatic carbocycles. The van der Waals surface area contributed by atoms with Crippen molar-refractivity contribution in [3.63, 3.8) is 0 Å². The topological polar surface area (TPSA) is 132 Å². The van der Waals surface area contributed by atoms with Crippen LogP contribution in [0.5, 0.6) is 0 Å². The molecule has 1 aliphatic carbocycles. The normalized spacial score (nSPS) is 22.4. The van der Waals surface area contributed by atoms with Crippen LogP contribution in [-0.4, -0.2) is 58.2 Å². The Balaban J connectivity index is 1.25. The van der Waals surface area contributed by atoms with Crippen LogP contribution >= 0.6 is 11.3 Å². The first kappa shape index (κ1) is 22.9. The first-order valence-corrected chi connectivity index (χ1v) is 12.6. The Morgan fingerprint density at radius 2 is 2.12 bits per heavy atom. The fourth-order valence-electron chi connectivity index (χ4n) is 4.78. The summed E-state index contributed by atoms with van der Waals surface area (Å²) < 4.78 is 5.96. The summed E-state index contributed by atoms with van der Waals surface area (Å²) in [6, 6.07) is 4.20. The van der Waals surface area contributed by atoms with Gasteiger partial charge in [-0.2, -0.15) is 0 Å². The zero-order chi connectivity index (χ0) is 24.0. The summed E-state index contributed by atoms with van der Waals surface area (Å²) in [5.41, 5.74) is 15.2. The second-order valence-corrected chi connectivity index (χ2v) is 10.5. The van der Waals surface area contributed by atoms with Crippen LogP contribution < -0.4 is 21.7 Å². The van der Waals surface area contributed by atoms with Crippen molar-refractivity contribution in [3.8, 4) is 0 Å². The number of rotatable bonds is 5. The number of nitrogens with two attached hydrogens (primary N) is 2. The van der Waals surface area contributed by atoms with E-state index in [2.05, 4.69) is 32.3 Å². The third-order valence-electron chi connectivity index (χ3n) is 6.48.